The molecule has 2 amide bonds. The summed E-state index contributed by atoms with van der Waals surface area (Å²) in [7, 11) is 0. The van der Waals surface area contributed by atoms with Crippen LogP contribution in [0.4, 0.5) is 4.79 Å². The first kappa shape index (κ1) is 19.7. The first-order valence-corrected chi connectivity index (χ1v) is 8.37. The highest BCUT2D eigenvalue weighted by atomic mass is 16.6. The number of amides is 2. The molecule has 134 valence electrons. The fourth-order valence-electron chi connectivity index (χ4n) is 2.26. The molecule has 0 aromatic carbocycles. The summed E-state index contributed by atoms with van der Waals surface area (Å²) >= 11 is 0. The summed E-state index contributed by atoms with van der Waals surface area (Å²) in [6, 6.07) is -0.0964. The third-order valence-electron chi connectivity index (χ3n) is 3.87. The molecular formula is C17H33N3O3. The van der Waals surface area contributed by atoms with Gasteiger partial charge in [0.15, 0.2) is 0 Å². The molecule has 0 bridgehead atoms. The van der Waals surface area contributed by atoms with Crippen molar-refractivity contribution in [1.29, 1.82) is 0 Å². The SMILES string of the molecule is CC(C)(C)CCC(CNC1(C(N)=O)CC1)NC(=O)OC(C)(C)C. The predicted molar refractivity (Wildman–Crippen MR) is 91.0 cm³/mol. The molecule has 0 heterocycles. The van der Waals surface area contributed by atoms with Crippen molar-refractivity contribution in [3.63, 3.8) is 0 Å². The molecule has 1 rings (SSSR count). The lowest BCUT2D eigenvalue weighted by molar-refractivity contribution is -0.121. The van der Waals surface area contributed by atoms with Crippen molar-refractivity contribution in [2.75, 3.05) is 6.54 Å². The number of hydrogen-bond donors (Lipinski definition) is 3. The summed E-state index contributed by atoms with van der Waals surface area (Å²) in [4.78, 5) is 23.5. The van der Waals surface area contributed by atoms with E-state index < -0.39 is 17.2 Å². The highest BCUT2D eigenvalue weighted by Crippen LogP contribution is 2.34. The maximum absolute atomic E-state index is 12.0. The van der Waals surface area contributed by atoms with Crippen molar-refractivity contribution < 1.29 is 14.3 Å². The Bertz CT molecular complexity index is 431. The van der Waals surface area contributed by atoms with Gasteiger partial charge >= 0.3 is 6.09 Å². The molecule has 1 aliphatic rings. The van der Waals surface area contributed by atoms with Gasteiger partial charge in [0.1, 0.15) is 5.60 Å². The van der Waals surface area contributed by atoms with Crippen LogP contribution >= 0.6 is 0 Å². The van der Waals surface area contributed by atoms with Gasteiger partial charge in [0.2, 0.25) is 5.91 Å². The van der Waals surface area contributed by atoms with Gasteiger partial charge in [-0.15, -0.1) is 0 Å². The van der Waals surface area contributed by atoms with E-state index in [1.807, 2.05) is 20.8 Å². The van der Waals surface area contributed by atoms with Crippen LogP contribution in [0.2, 0.25) is 0 Å². The van der Waals surface area contributed by atoms with Crippen molar-refractivity contribution >= 4 is 12.0 Å². The zero-order chi connectivity index (χ0) is 17.9. The Morgan fingerprint density at radius 2 is 1.74 bits per heavy atom. The Labute approximate surface area is 139 Å². The molecule has 4 N–H and O–H groups in total. The minimum atomic E-state index is -0.574. The van der Waals surface area contributed by atoms with Crippen molar-refractivity contribution in [1.82, 2.24) is 10.6 Å². The molecule has 6 nitrogen and oxygen atoms in total. The molecule has 0 saturated heterocycles. The van der Waals surface area contributed by atoms with E-state index in [0.29, 0.717) is 6.54 Å². The molecule has 1 aliphatic carbocycles. The quantitative estimate of drug-likeness (QED) is 0.669. The highest BCUT2D eigenvalue weighted by molar-refractivity contribution is 5.87. The number of nitrogens with one attached hydrogen (secondary N) is 2. The normalized spacial score (nSPS) is 18.2. The van der Waals surface area contributed by atoms with Gasteiger partial charge in [-0.1, -0.05) is 20.8 Å². The Hall–Kier alpha value is -1.30. The van der Waals surface area contributed by atoms with Gasteiger partial charge in [-0.25, -0.2) is 4.79 Å². The second-order valence-electron chi connectivity index (χ2n) is 8.77. The lowest BCUT2D eigenvalue weighted by Gasteiger charge is -2.27. The topological polar surface area (TPSA) is 93.5 Å². The number of rotatable bonds is 7. The first-order chi connectivity index (χ1) is 10.3. The summed E-state index contributed by atoms with van der Waals surface area (Å²) in [5, 5.41) is 6.14. The number of alkyl carbamates (subject to hydrolysis) is 1. The van der Waals surface area contributed by atoms with Gasteiger partial charge in [-0.2, -0.15) is 0 Å². The summed E-state index contributed by atoms with van der Waals surface area (Å²) in [6.07, 6.45) is 2.87. The van der Waals surface area contributed by atoms with E-state index in [-0.39, 0.29) is 17.4 Å². The van der Waals surface area contributed by atoms with Crippen molar-refractivity contribution in [3.8, 4) is 0 Å². The number of hydrogen-bond acceptors (Lipinski definition) is 4. The Balaban J connectivity index is 2.58. The van der Waals surface area contributed by atoms with Crippen LogP contribution in [0.3, 0.4) is 0 Å². The smallest absolute Gasteiger partial charge is 0.407 e. The predicted octanol–water partition coefficient (Wildman–Crippen LogP) is 2.31. The number of carbonyl (C=O) groups is 2. The van der Waals surface area contributed by atoms with Crippen LogP contribution in [0.15, 0.2) is 0 Å². The standard InChI is InChI=1S/C17H33N3O3/c1-15(2,3)8-7-12(20-14(22)23-16(4,5)6)11-19-17(9-10-17)13(18)21/h12,19H,7-11H2,1-6H3,(H2,18,21)(H,20,22). The van der Waals surface area contributed by atoms with Crippen LogP contribution in [0, 0.1) is 5.41 Å². The van der Waals surface area contributed by atoms with Crippen LogP contribution in [-0.4, -0.2) is 35.7 Å². The van der Waals surface area contributed by atoms with E-state index in [2.05, 4.69) is 31.4 Å². The Kier molecular flexibility index (Phi) is 6.07. The van der Waals surface area contributed by atoms with E-state index in [0.717, 1.165) is 25.7 Å². The number of primary amides is 1. The van der Waals surface area contributed by atoms with E-state index in [1.54, 1.807) is 0 Å². The van der Waals surface area contributed by atoms with E-state index in [4.69, 9.17) is 10.5 Å². The second kappa shape index (κ2) is 7.07. The van der Waals surface area contributed by atoms with Gasteiger partial charge in [-0.05, 0) is 51.9 Å². The highest BCUT2D eigenvalue weighted by Gasteiger charge is 2.48. The van der Waals surface area contributed by atoms with E-state index >= 15 is 0 Å². The van der Waals surface area contributed by atoms with Crippen LogP contribution < -0.4 is 16.4 Å². The summed E-state index contributed by atoms with van der Waals surface area (Å²) in [5.74, 6) is -0.315. The average molecular weight is 327 g/mol. The molecule has 0 aromatic heterocycles. The van der Waals surface area contributed by atoms with Crippen LogP contribution in [0.5, 0.6) is 0 Å². The fourth-order valence-corrected chi connectivity index (χ4v) is 2.26. The fraction of sp³-hybridized carbons (Fsp3) is 0.882. The third kappa shape index (κ3) is 7.68. The zero-order valence-electron chi connectivity index (χ0n) is 15.4. The largest absolute Gasteiger partial charge is 0.444 e. The monoisotopic (exact) mass is 327 g/mol. The van der Waals surface area contributed by atoms with Crippen LogP contribution in [-0.2, 0) is 9.53 Å². The Morgan fingerprint density at radius 1 is 1.17 bits per heavy atom. The van der Waals surface area contributed by atoms with Crippen LogP contribution in [0.25, 0.3) is 0 Å². The molecule has 0 aliphatic heterocycles. The molecule has 1 unspecified atom stereocenters. The zero-order valence-corrected chi connectivity index (χ0v) is 15.4. The summed E-state index contributed by atoms with van der Waals surface area (Å²) < 4.78 is 5.33. The minimum absolute atomic E-state index is 0.0964. The molecule has 6 heteroatoms. The number of ether oxygens (including phenoxy) is 1. The first-order valence-electron chi connectivity index (χ1n) is 8.37. The summed E-state index contributed by atoms with van der Waals surface area (Å²) in [6.45, 7) is 12.5. The molecule has 0 radical (unpaired) electrons. The number of carbonyl (C=O) groups excluding carboxylic acids is 2. The van der Waals surface area contributed by atoms with E-state index in [1.165, 1.54) is 0 Å². The van der Waals surface area contributed by atoms with Gasteiger partial charge in [0.25, 0.3) is 0 Å². The van der Waals surface area contributed by atoms with Crippen molar-refractivity contribution in [2.24, 2.45) is 11.1 Å². The van der Waals surface area contributed by atoms with Gasteiger partial charge < -0.3 is 21.1 Å². The van der Waals surface area contributed by atoms with Crippen molar-refractivity contribution in [3.05, 3.63) is 0 Å². The minimum Gasteiger partial charge on any atom is -0.444 e. The van der Waals surface area contributed by atoms with Gasteiger partial charge in [0.05, 0.1) is 5.54 Å². The summed E-state index contributed by atoms with van der Waals surface area (Å²) in [5.41, 5.74) is 4.50. The second-order valence-corrected chi connectivity index (χ2v) is 8.77. The lowest BCUT2D eigenvalue weighted by Crippen LogP contribution is -2.51. The molecule has 0 spiro atoms. The van der Waals surface area contributed by atoms with E-state index in [9.17, 15) is 9.59 Å². The average Bonchev–Trinajstić information content (AvgIpc) is 3.10. The molecule has 1 atom stereocenters. The van der Waals surface area contributed by atoms with Gasteiger partial charge in [-0.3, -0.25) is 4.79 Å². The molecule has 1 fully saturated rings. The van der Waals surface area contributed by atoms with Gasteiger partial charge in [0, 0.05) is 12.6 Å². The molecule has 23 heavy (non-hydrogen) atoms. The molecule has 1 saturated carbocycles. The maximum Gasteiger partial charge on any atom is 0.407 e. The lowest BCUT2D eigenvalue weighted by atomic mass is 9.88. The van der Waals surface area contributed by atoms with Crippen LogP contribution in [0.1, 0.15) is 67.2 Å². The molecular weight excluding hydrogens is 294 g/mol. The maximum atomic E-state index is 12.0. The third-order valence-corrected chi connectivity index (χ3v) is 3.87. The Morgan fingerprint density at radius 3 is 2.13 bits per heavy atom. The number of nitrogens with two attached hydrogens (primary N) is 1. The molecule has 0 aromatic rings. The van der Waals surface area contributed by atoms with Crippen molar-refractivity contribution in [2.45, 2.75) is 84.4 Å².